The third kappa shape index (κ3) is 3.29. The van der Waals surface area contributed by atoms with E-state index in [1.54, 1.807) is 6.26 Å². The maximum atomic E-state index is 5.30. The summed E-state index contributed by atoms with van der Waals surface area (Å²) in [4.78, 5) is 1.28. The van der Waals surface area contributed by atoms with Gasteiger partial charge in [0.05, 0.1) is 6.26 Å². The molecule has 2 nitrogen and oxygen atoms in total. The Hall–Kier alpha value is -0.410. The third-order valence-electron chi connectivity index (χ3n) is 3.19. The largest absolute Gasteiger partial charge is 0.468 e. The van der Waals surface area contributed by atoms with Crippen LogP contribution in [0.1, 0.15) is 38.4 Å². The van der Waals surface area contributed by atoms with Gasteiger partial charge in [-0.15, -0.1) is 11.8 Å². The fourth-order valence-electron chi connectivity index (χ4n) is 2.22. The maximum absolute atomic E-state index is 5.30. The van der Waals surface area contributed by atoms with Crippen molar-refractivity contribution in [3.05, 3.63) is 18.1 Å². The first kappa shape index (κ1) is 12.1. The molecule has 0 spiro atoms. The molecular formula is C13H21NOS. The van der Waals surface area contributed by atoms with E-state index < -0.39 is 0 Å². The van der Waals surface area contributed by atoms with Gasteiger partial charge in [-0.2, -0.15) is 0 Å². The van der Waals surface area contributed by atoms with Crippen LogP contribution in [0, 0.1) is 6.92 Å². The first-order valence-corrected chi connectivity index (χ1v) is 7.08. The Balaban J connectivity index is 1.71. The fraction of sp³-hybridized carbons (Fsp3) is 0.692. The summed E-state index contributed by atoms with van der Waals surface area (Å²) in [7, 11) is 0. The van der Waals surface area contributed by atoms with E-state index in [1.807, 2.05) is 18.7 Å². The Bertz CT molecular complexity index is 317. The van der Waals surface area contributed by atoms with Gasteiger partial charge >= 0.3 is 0 Å². The molecule has 0 saturated heterocycles. The molecule has 1 atom stereocenters. The number of thioether (sulfide) groups is 1. The average Bonchev–Trinajstić information content (AvgIpc) is 2.88. The number of hydrogen-bond donors (Lipinski definition) is 1. The lowest BCUT2D eigenvalue weighted by Gasteiger charge is -2.16. The van der Waals surface area contributed by atoms with Crippen LogP contribution in [-0.2, 0) is 0 Å². The molecule has 1 aromatic heterocycles. The van der Waals surface area contributed by atoms with Gasteiger partial charge in [0.25, 0.3) is 0 Å². The second kappa shape index (κ2) is 5.78. The van der Waals surface area contributed by atoms with Crippen LogP contribution in [-0.4, -0.2) is 17.8 Å². The van der Waals surface area contributed by atoms with Crippen molar-refractivity contribution in [2.45, 2.75) is 55.7 Å². The molecule has 3 heteroatoms. The number of rotatable bonds is 5. The van der Waals surface area contributed by atoms with Crippen molar-refractivity contribution < 1.29 is 4.42 Å². The Kier molecular flexibility index (Phi) is 4.36. The quantitative estimate of drug-likeness (QED) is 0.795. The van der Waals surface area contributed by atoms with Crippen molar-refractivity contribution >= 4 is 11.8 Å². The van der Waals surface area contributed by atoms with Crippen LogP contribution in [0.4, 0.5) is 0 Å². The van der Waals surface area contributed by atoms with Gasteiger partial charge in [0.15, 0.2) is 0 Å². The van der Waals surface area contributed by atoms with E-state index in [0.717, 1.165) is 18.3 Å². The van der Waals surface area contributed by atoms with Gasteiger partial charge < -0.3 is 9.73 Å². The molecule has 0 aromatic carbocycles. The van der Waals surface area contributed by atoms with E-state index in [4.69, 9.17) is 4.42 Å². The Morgan fingerprint density at radius 2 is 2.25 bits per heavy atom. The molecular weight excluding hydrogens is 218 g/mol. The SMILES string of the molecule is Cc1occc1SC(C)CNC1CCCC1. The van der Waals surface area contributed by atoms with Gasteiger partial charge in [-0.1, -0.05) is 19.8 Å². The topological polar surface area (TPSA) is 25.2 Å². The molecule has 1 heterocycles. The summed E-state index contributed by atoms with van der Waals surface area (Å²) in [5.41, 5.74) is 0. The number of furan rings is 1. The molecule has 0 amide bonds. The second-order valence-electron chi connectivity index (χ2n) is 4.66. The molecule has 16 heavy (non-hydrogen) atoms. The average molecular weight is 239 g/mol. The predicted molar refractivity (Wildman–Crippen MR) is 69.0 cm³/mol. The van der Waals surface area contributed by atoms with Crippen LogP contribution in [0.3, 0.4) is 0 Å². The minimum Gasteiger partial charge on any atom is -0.468 e. The van der Waals surface area contributed by atoms with E-state index in [-0.39, 0.29) is 0 Å². The van der Waals surface area contributed by atoms with Crippen LogP contribution in [0.5, 0.6) is 0 Å². The van der Waals surface area contributed by atoms with Gasteiger partial charge in [-0.3, -0.25) is 0 Å². The van der Waals surface area contributed by atoms with Crippen LogP contribution in [0.15, 0.2) is 21.6 Å². The molecule has 90 valence electrons. The molecule has 1 aromatic rings. The van der Waals surface area contributed by atoms with Gasteiger partial charge in [-0.25, -0.2) is 0 Å². The van der Waals surface area contributed by atoms with E-state index in [2.05, 4.69) is 18.3 Å². The summed E-state index contributed by atoms with van der Waals surface area (Å²) in [5.74, 6) is 1.04. The molecule has 0 radical (unpaired) electrons. The first-order chi connectivity index (χ1) is 7.75. The first-order valence-electron chi connectivity index (χ1n) is 6.20. The van der Waals surface area contributed by atoms with E-state index >= 15 is 0 Å². The molecule has 1 aliphatic rings. The van der Waals surface area contributed by atoms with Crippen molar-refractivity contribution in [1.82, 2.24) is 5.32 Å². The zero-order valence-corrected chi connectivity index (χ0v) is 11.0. The molecule has 0 bridgehead atoms. The lowest BCUT2D eigenvalue weighted by molar-refractivity contribution is 0.523. The van der Waals surface area contributed by atoms with Crippen LogP contribution in [0.25, 0.3) is 0 Å². The highest BCUT2D eigenvalue weighted by Crippen LogP contribution is 2.27. The number of hydrogen-bond acceptors (Lipinski definition) is 3. The highest BCUT2D eigenvalue weighted by atomic mass is 32.2. The van der Waals surface area contributed by atoms with Gasteiger partial charge in [0, 0.05) is 22.7 Å². The van der Waals surface area contributed by atoms with Crippen LogP contribution < -0.4 is 5.32 Å². The Morgan fingerprint density at radius 1 is 1.50 bits per heavy atom. The second-order valence-corrected chi connectivity index (χ2v) is 6.14. The highest BCUT2D eigenvalue weighted by Gasteiger charge is 2.15. The van der Waals surface area contributed by atoms with Gasteiger partial charge in [-0.05, 0) is 25.8 Å². The third-order valence-corrected chi connectivity index (χ3v) is 4.44. The van der Waals surface area contributed by atoms with Crippen molar-refractivity contribution in [1.29, 1.82) is 0 Å². The van der Waals surface area contributed by atoms with Gasteiger partial charge in [0.1, 0.15) is 5.76 Å². The summed E-state index contributed by atoms with van der Waals surface area (Å²) in [6.07, 6.45) is 7.30. The lowest BCUT2D eigenvalue weighted by atomic mass is 10.2. The summed E-state index contributed by atoms with van der Waals surface area (Å²) < 4.78 is 5.30. The molecule has 1 aliphatic carbocycles. The van der Waals surface area contributed by atoms with Crippen molar-refractivity contribution in [2.24, 2.45) is 0 Å². The summed E-state index contributed by atoms with van der Waals surface area (Å²) >= 11 is 1.90. The minimum atomic E-state index is 0.608. The van der Waals surface area contributed by atoms with Crippen molar-refractivity contribution in [3.8, 4) is 0 Å². The minimum absolute atomic E-state index is 0.608. The highest BCUT2D eigenvalue weighted by molar-refractivity contribution is 8.00. The standard InChI is InChI=1S/C13H21NOS/c1-10(9-14-12-5-3-4-6-12)16-13-7-8-15-11(13)2/h7-8,10,12,14H,3-6,9H2,1-2H3. The van der Waals surface area contributed by atoms with Crippen molar-refractivity contribution in [2.75, 3.05) is 6.54 Å². The summed E-state index contributed by atoms with van der Waals surface area (Å²) in [5, 5.41) is 4.27. The molecule has 1 unspecified atom stereocenters. The Morgan fingerprint density at radius 3 is 2.88 bits per heavy atom. The molecule has 1 fully saturated rings. The number of aryl methyl sites for hydroxylation is 1. The predicted octanol–water partition coefficient (Wildman–Crippen LogP) is 3.60. The fourth-order valence-corrected chi connectivity index (χ4v) is 3.18. The summed E-state index contributed by atoms with van der Waals surface area (Å²) in [6.45, 7) is 5.40. The van der Waals surface area contributed by atoms with E-state index in [9.17, 15) is 0 Å². The van der Waals surface area contributed by atoms with E-state index in [1.165, 1.54) is 30.6 Å². The zero-order valence-electron chi connectivity index (χ0n) is 10.2. The smallest absolute Gasteiger partial charge is 0.114 e. The van der Waals surface area contributed by atoms with Crippen LogP contribution in [0.2, 0.25) is 0 Å². The molecule has 1 N–H and O–H groups in total. The normalized spacial score (nSPS) is 19.1. The monoisotopic (exact) mass is 239 g/mol. The Labute approximate surface area is 102 Å². The van der Waals surface area contributed by atoms with Crippen LogP contribution >= 0.6 is 11.8 Å². The zero-order chi connectivity index (χ0) is 11.4. The van der Waals surface area contributed by atoms with E-state index in [0.29, 0.717) is 5.25 Å². The molecule has 1 saturated carbocycles. The van der Waals surface area contributed by atoms with Crippen molar-refractivity contribution in [3.63, 3.8) is 0 Å². The summed E-state index contributed by atoms with van der Waals surface area (Å²) in [6, 6.07) is 2.83. The van der Waals surface area contributed by atoms with Gasteiger partial charge in [0.2, 0.25) is 0 Å². The number of nitrogens with one attached hydrogen (secondary N) is 1. The lowest BCUT2D eigenvalue weighted by Crippen LogP contribution is -2.31. The maximum Gasteiger partial charge on any atom is 0.114 e. The molecule has 2 rings (SSSR count). The molecule has 0 aliphatic heterocycles.